The molecule has 2 heterocycles. The van der Waals surface area contributed by atoms with E-state index in [9.17, 15) is 9.59 Å². The van der Waals surface area contributed by atoms with Gasteiger partial charge in [0.2, 0.25) is 0 Å². The molecule has 8 heteroatoms. The Morgan fingerprint density at radius 2 is 2.23 bits per heavy atom. The van der Waals surface area contributed by atoms with E-state index in [0.717, 1.165) is 4.88 Å². The summed E-state index contributed by atoms with van der Waals surface area (Å²) in [5, 5.41) is 6.88. The largest absolute Gasteiger partial charge is 0.383 e. The topological polar surface area (TPSA) is 73.2 Å². The fourth-order valence-electron chi connectivity index (χ4n) is 1.81. The Bertz CT molecular complexity index is 713. The predicted molar refractivity (Wildman–Crippen MR) is 85.6 cm³/mol. The molecule has 2 rings (SSSR count). The molecule has 1 atom stereocenters. The maximum absolute atomic E-state index is 12.2. The fourth-order valence-corrected chi connectivity index (χ4v) is 2.87. The molecule has 0 fully saturated rings. The predicted octanol–water partition coefficient (Wildman–Crippen LogP) is 2.10. The highest BCUT2D eigenvalue weighted by molar-refractivity contribution is 7.16. The maximum atomic E-state index is 12.2. The third kappa shape index (κ3) is 4.16. The number of methoxy groups -OCH3 is 1. The van der Waals surface area contributed by atoms with Gasteiger partial charge in [-0.25, -0.2) is 4.68 Å². The van der Waals surface area contributed by atoms with Gasteiger partial charge in [-0.2, -0.15) is 5.10 Å². The lowest BCUT2D eigenvalue weighted by Crippen LogP contribution is -2.31. The number of carbonyl (C=O) groups excluding carboxylic acids is 1. The molecule has 0 aromatic carbocycles. The molecule has 0 aliphatic carbocycles. The molecule has 0 saturated heterocycles. The Hall–Kier alpha value is -1.70. The van der Waals surface area contributed by atoms with E-state index in [2.05, 4.69) is 10.4 Å². The Morgan fingerprint density at radius 3 is 2.86 bits per heavy atom. The third-order valence-electron chi connectivity index (χ3n) is 2.97. The number of hydrogen-bond donors (Lipinski definition) is 1. The summed E-state index contributed by atoms with van der Waals surface area (Å²) < 4.78 is 6.80. The van der Waals surface area contributed by atoms with Crippen LogP contribution in [-0.2, 0) is 11.3 Å². The highest BCUT2D eigenvalue weighted by Crippen LogP contribution is 2.26. The lowest BCUT2D eigenvalue weighted by Gasteiger charge is -2.12. The van der Waals surface area contributed by atoms with Crippen molar-refractivity contribution in [3.05, 3.63) is 49.5 Å². The van der Waals surface area contributed by atoms with Crippen LogP contribution in [0.3, 0.4) is 0 Å². The standard InChI is InChI=1S/C14H16ClN3O3S/c1-9(11-4-5-12(15)22-11)16-14(20)10-3-6-13(19)18(17-10)7-8-21-2/h3-6,9H,7-8H2,1-2H3,(H,16,20). The highest BCUT2D eigenvalue weighted by atomic mass is 35.5. The van der Waals surface area contributed by atoms with Gasteiger partial charge in [-0.1, -0.05) is 11.6 Å². The number of ether oxygens (including phenoxy) is 1. The lowest BCUT2D eigenvalue weighted by molar-refractivity contribution is 0.0931. The van der Waals surface area contributed by atoms with Crippen LogP contribution >= 0.6 is 22.9 Å². The van der Waals surface area contributed by atoms with Gasteiger partial charge in [0, 0.05) is 18.1 Å². The summed E-state index contributed by atoms with van der Waals surface area (Å²) in [5.74, 6) is -0.344. The zero-order chi connectivity index (χ0) is 16.1. The summed E-state index contributed by atoms with van der Waals surface area (Å²) in [5.41, 5.74) is -0.0862. The SMILES string of the molecule is COCCn1nc(C(=O)NC(C)c2ccc(Cl)s2)ccc1=O. The van der Waals surface area contributed by atoms with Crippen molar-refractivity contribution in [2.45, 2.75) is 19.5 Å². The number of amides is 1. The van der Waals surface area contributed by atoms with Crippen molar-refractivity contribution in [2.24, 2.45) is 0 Å². The third-order valence-corrected chi connectivity index (χ3v) is 4.39. The van der Waals surface area contributed by atoms with Crippen molar-refractivity contribution >= 4 is 28.8 Å². The number of halogens is 1. The average molecular weight is 342 g/mol. The van der Waals surface area contributed by atoms with Gasteiger partial charge in [0.25, 0.3) is 11.5 Å². The molecule has 22 heavy (non-hydrogen) atoms. The Kier molecular flexibility index (Phi) is 5.70. The van der Waals surface area contributed by atoms with Crippen LogP contribution in [0.5, 0.6) is 0 Å². The molecular weight excluding hydrogens is 326 g/mol. The highest BCUT2D eigenvalue weighted by Gasteiger charge is 2.15. The average Bonchev–Trinajstić information content (AvgIpc) is 2.93. The van der Waals surface area contributed by atoms with Crippen molar-refractivity contribution in [1.29, 1.82) is 0 Å². The van der Waals surface area contributed by atoms with Gasteiger partial charge in [-0.3, -0.25) is 9.59 Å². The normalized spacial score (nSPS) is 12.1. The number of nitrogens with zero attached hydrogens (tertiary/aromatic N) is 2. The number of aromatic nitrogens is 2. The van der Waals surface area contributed by atoms with Crippen molar-refractivity contribution < 1.29 is 9.53 Å². The van der Waals surface area contributed by atoms with Crippen molar-refractivity contribution in [2.75, 3.05) is 13.7 Å². The van der Waals surface area contributed by atoms with Crippen LogP contribution in [-0.4, -0.2) is 29.4 Å². The zero-order valence-corrected chi connectivity index (χ0v) is 13.8. The molecule has 0 aliphatic heterocycles. The summed E-state index contributed by atoms with van der Waals surface area (Å²) in [7, 11) is 1.54. The van der Waals surface area contributed by atoms with Gasteiger partial charge in [0.1, 0.15) is 5.69 Å². The molecule has 1 amide bonds. The first-order chi connectivity index (χ1) is 10.5. The molecule has 2 aromatic heterocycles. The number of thiophene rings is 1. The van der Waals surface area contributed by atoms with E-state index >= 15 is 0 Å². The second-order valence-electron chi connectivity index (χ2n) is 4.61. The van der Waals surface area contributed by atoms with Gasteiger partial charge in [-0.15, -0.1) is 11.3 Å². The monoisotopic (exact) mass is 341 g/mol. The van der Waals surface area contributed by atoms with E-state index in [4.69, 9.17) is 16.3 Å². The van der Waals surface area contributed by atoms with Crippen LogP contribution in [0, 0.1) is 0 Å². The summed E-state index contributed by atoms with van der Waals surface area (Å²) in [4.78, 5) is 24.8. The number of carbonyl (C=O) groups is 1. The Balaban J connectivity index is 2.10. The smallest absolute Gasteiger partial charge is 0.272 e. The molecule has 0 aliphatic rings. The van der Waals surface area contributed by atoms with Crippen LogP contribution in [0.1, 0.15) is 28.3 Å². The minimum absolute atomic E-state index is 0.185. The fraction of sp³-hybridized carbons (Fsp3) is 0.357. The summed E-state index contributed by atoms with van der Waals surface area (Å²) in [6, 6.07) is 6.20. The molecule has 0 bridgehead atoms. The van der Waals surface area contributed by atoms with Crippen LogP contribution in [0.25, 0.3) is 0 Å². The van der Waals surface area contributed by atoms with Gasteiger partial charge in [0.15, 0.2) is 0 Å². The minimum atomic E-state index is -0.344. The number of nitrogens with one attached hydrogen (secondary N) is 1. The van der Waals surface area contributed by atoms with Crippen molar-refractivity contribution in [3.8, 4) is 0 Å². The molecule has 0 saturated carbocycles. The lowest BCUT2D eigenvalue weighted by atomic mass is 10.2. The second kappa shape index (κ2) is 7.53. The quantitative estimate of drug-likeness (QED) is 0.873. The van der Waals surface area contributed by atoms with E-state index in [1.54, 1.807) is 6.07 Å². The first kappa shape index (κ1) is 16.7. The van der Waals surface area contributed by atoms with Crippen molar-refractivity contribution in [3.63, 3.8) is 0 Å². The van der Waals surface area contributed by atoms with Gasteiger partial charge in [0.05, 0.1) is 23.5 Å². The summed E-state index contributed by atoms with van der Waals surface area (Å²) in [6.45, 7) is 2.51. The van der Waals surface area contributed by atoms with E-state index in [0.29, 0.717) is 17.5 Å². The molecule has 0 spiro atoms. The second-order valence-corrected chi connectivity index (χ2v) is 6.36. The zero-order valence-electron chi connectivity index (χ0n) is 12.2. The number of hydrogen-bond acceptors (Lipinski definition) is 5. The first-order valence-electron chi connectivity index (χ1n) is 6.64. The van der Waals surface area contributed by atoms with E-state index in [-0.39, 0.29) is 23.2 Å². The molecular formula is C14H16ClN3O3S. The van der Waals surface area contributed by atoms with Crippen LogP contribution in [0.4, 0.5) is 0 Å². The van der Waals surface area contributed by atoms with Crippen LogP contribution < -0.4 is 10.9 Å². The Morgan fingerprint density at radius 1 is 1.45 bits per heavy atom. The molecule has 2 aromatic rings. The number of rotatable bonds is 6. The van der Waals surface area contributed by atoms with E-state index < -0.39 is 0 Å². The van der Waals surface area contributed by atoms with Crippen LogP contribution in [0.15, 0.2) is 29.1 Å². The van der Waals surface area contributed by atoms with Crippen molar-refractivity contribution in [1.82, 2.24) is 15.1 Å². The molecule has 0 radical (unpaired) electrons. The first-order valence-corrected chi connectivity index (χ1v) is 7.84. The molecule has 6 nitrogen and oxygen atoms in total. The Labute approximate surface area is 136 Å². The summed E-state index contributed by atoms with van der Waals surface area (Å²) in [6.07, 6.45) is 0. The van der Waals surface area contributed by atoms with E-state index in [1.165, 1.54) is 35.3 Å². The van der Waals surface area contributed by atoms with Crippen LogP contribution in [0.2, 0.25) is 4.34 Å². The van der Waals surface area contributed by atoms with Gasteiger partial charge >= 0.3 is 0 Å². The van der Waals surface area contributed by atoms with Gasteiger partial charge < -0.3 is 10.1 Å². The molecule has 1 unspecified atom stereocenters. The maximum Gasteiger partial charge on any atom is 0.272 e. The molecule has 118 valence electrons. The molecule has 1 N–H and O–H groups in total. The summed E-state index contributed by atoms with van der Waals surface area (Å²) >= 11 is 7.30. The van der Waals surface area contributed by atoms with Gasteiger partial charge in [-0.05, 0) is 25.1 Å². The minimum Gasteiger partial charge on any atom is -0.383 e. The van der Waals surface area contributed by atoms with E-state index in [1.807, 2.05) is 13.0 Å².